The lowest BCUT2D eigenvalue weighted by molar-refractivity contribution is -0.123. The lowest BCUT2D eigenvalue weighted by Gasteiger charge is -2.13. The van der Waals surface area contributed by atoms with Crippen LogP contribution in [0.5, 0.6) is 0 Å². The van der Waals surface area contributed by atoms with Gasteiger partial charge in [-0.3, -0.25) is 4.79 Å². The van der Waals surface area contributed by atoms with Crippen molar-refractivity contribution in [3.8, 4) is 10.6 Å². The highest BCUT2D eigenvalue weighted by molar-refractivity contribution is 7.80. The molecule has 1 aliphatic rings. The molecule has 0 unspecified atom stereocenters. The molecule has 6 heteroatoms. The Kier molecular flexibility index (Phi) is 5.18. The number of nitrogens with one attached hydrogen (secondary N) is 2. The van der Waals surface area contributed by atoms with Crippen LogP contribution >= 0.6 is 23.6 Å². The van der Waals surface area contributed by atoms with Crippen molar-refractivity contribution in [2.24, 2.45) is 5.92 Å². The van der Waals surface area contributed by atoms with E-state index < -0.39 is 0 Å². The van der Waals surface area contributed by atoms with Crippen LogP contribution in [0.4, 0.5) is 5.69 Å². The highest BCUT2D eigenvalue weighted by Gasteiger charge is 2.23. The molecule has 0 radical (unpaired) electrons. The van der Waals surface area contributed by atoms with Gasteiger partial charge in [0.15, 0.2) is 5.11 Å². The van der Waals surface area contributed by atoms with Gasteiger partial charge in [0.2, 0.25) is 5.91 Å². The summed E-state index contributed by atoms with van der Waals surface area (Å²) in [6.45, 7) is 2.09. The van der Waals surface area contributed by atoms with E-state index in [9.17, 15) is 4.79 Å². The van der Waals surface area contributed by atoms with Crippen molar-refractivity contribution in [3.63, 3.8) is 0 Å². The maximum Gasteiger partial charge on any atom is 0.229 e. The zero-order valence-electron chi connectivity index (χ0n) is 15.1. The number of anilines is 1. The molecule has 1 saturated carbocycles. The number of hydrogen-bond acceptors (Lipinski definition) is 4. The van der Waals surface area contributed by atoms with Gasteiger partial charge < -0.3 is 10.6 Å². The van der Waals surface area contributed by atoms with Crippen LogP contribution in [0.1, 0.15) is 31.2 Å². The molecule has 3 aromatic rings. The smallest absolute Gasteiger partial charge is 0.229 e. The summed E-state index contributed by atoms with van der Waals surface area (Å²) >= 11 is 6.97. The molecule has 2 aromatic carbocycles. The molecule has 1 aromatic heterocycles. The first-order valence-electron chi connectivity index (χ1n) is 9.18. The molecular weight excluding hydrogens is 374 g/mol. The quantitative estimate of drug-likeness (QED) is 0.593. The van der Waals surface area contributed by atoms with Crippen LogP contribution in [0, 0.1) is 12.8 Å². The van der Waals surface area contributed by atoms with Crippen LogP contribution in [0.25, 0.3) is 20.8 Å². The lowest BCUT2D eigenvalue weighted by Crippen LogP contribution is -2.37. The first-order valence-corrected chi connectivity index (χ1v) is 10.4. The number of benzene rings is 2. The number of thiazole rings is 1. The second-order valence-corrected chi connectivity index (χ2v) is 8.43. The molecule has 0 bridgehead atoms. The van der Waals surface area contributed by atoms with Crippen molar-refractivity contribution in [1.82, 2.24) is 10.3 Å². The SMILES string of the molecule is Cc1ccc2nc(-c3ccc(NC(=S)NC(=O)C4CCCC4)cc3)sc2c1. The summed E-state index contributed by atoms with van der Waals surface area (Å²) in [4.78, 5) is 16.9. The third-order valence-electron chi connectivity index (χ3n) is 4.90. The monoisotopic (exact) mass is 395 g/mol. The van der Waals surface area contributed by atoms with Crippen LogP contribution in [-0.2, 0) is 4.79 Å². The second kappa shape index (κ2) is 7.74. The zero-order valence-corrected chi connectivity index (χ0v) is 16.8. The molecule has 4 rings (SSSR count). The fourth-order valence-corrected chi connectivity index (χ4v) is 4.70. The highest BCUT2D eigenvalue weighted by Crippen LogP contribution is 2.31. The van der Waals surface area contributed by atoms with Gasteiger partial charge in [0.05, 0.1) is 10.2 Å². The number of amides is 1. The molecule has 138 valence electrons. The van der Waals surface area contributed by atoms with Gasteiger partial charge in [0, 0.05) is 17.2 Å². The van der Waals surface area contributed by atoms with E-state index >= 15 is 0 Å². The van der Waals surface area contributed by atoms with E-state index in [-0.39, 0.29) is 11.8 Å². The van der Waals surface area contributed by atoms with Crippen molar-refractivity contribution >= 4 is 50.5 Å². The standard InChI is InChI=1S/C21H21N3OS2/c1-13-6-11-17-18(12-13)27-20(23-17)15-7-9-16(10-8-15)22-21(26)24-19(25)14-4-2-3-5-14/h6-12,14H,2-5H2,1H3,(H2,22,24,25,26). The van der Waals surface area contributed by atoms with Crippen molar-refractivity contribution in [1.29, 1.82) is 0 Å². The topological polar surface area (TPSA) is 54.0 Å². The third kappa shape index (κ3) is 4.17. The number of carbonyl (C=O) groups excluding carboxylic acids is 1. The molecule has 27 heavy (non-hydrogen) atoms. The fraction of sp³-hybridized carbons (Fsp3) is 0.286. The van der Waals surface area contributed by atoms with Gasteiger partial charge in [0.1, 0.15) is 5.01 Å². The molecule has 1 aliphatic carbocycles. The first kappa shape index (κ1) is 18.1. The fourth-order valence-electron chi connectivity index (χ4n) is 3.42. The number of nitrogens with zero attached hydrogens (tertiary/aromatic N) is 1. The van der Waals surface area contributed by atoms with E-state index in [1.165, 1.54) is 10.3 Å². The van der Waals surface area contributed by atoms with Gasteiger partial charge in [-0.15, -0.1) is 11.3 Å². The van der Waals surface area contributed by atoms with E-state index in [4.69, 9.17) is 17.2 Å². The average Bonchev–Trinajstić information content (AvgIpc) is 3.31. The van der Waals surface area contributed by atoms with E-state index in [2.05, 4.69) is 35.8 Å². The molecular formula is C21H21N3OS2. The summed E-state index contributed by atoms with van der Waals surface area (Å²) in [6.07, 6.45) is 4.19. The Hall–Kier alpha value is -2.31. The van der Waals surface area contributed by atoms with E-state index in [1.54, 1.807) is 11.3 Å². The number of aromatic nitrogens is 1. The first-order chi connectivity index (χ1) is 13.1. The second-order valence-electron chi connectivity index (χ2n) is 6.99. The predicted octanol–water partition coefficient (Wildman–Crippen LogP) is 5.27. The lowest BCUT2D eigenvalue weighted by atomic mass is 10.1. The summed E-state index contributed by atoms with van der Waals surface area (Å²) in [7, 11) is 0. The van der Waals surface area contributed by atoms with E-state index in [1.807, 2.05) is 24.3 Å². The summed E-state index contributed by atoms with van der Waals surface area (Å²) < 4.78 is 1.20. The number of hydrogen-bond donors (Lipinski definition) is 2. The van der Waals surface area contributed by atoms with Crippen LogP contribution in [0.15, 0.2) is 42.5 Å². The average molecular weight is 396 g/mol. The minimum atomic E-state index is 0.0337. The number of carbonyl (C=O) groups is 1. The number of fused-ring (bicyclic) bond motifs is 1. The Morgan fingerprint density at radius 1 is 1.15 bits per heavy atom. The third-order valence-corrected chi connectivity index (χ3v) is 6.17. The predicted molar refractivity (Wildman–Crippen MR) is 116 cm³/mol. The number of thiocarbonyl (C=S) groups is 1. The Balaban J connectivity index is 1.42. The molecule has 0 saturated heterocycles. The Bertz CT molecular complexity index is 988. The Morgan fingerprint density at radius 2 is 1.89 bits per heavy atom. The van der Waals surface area contributed by atoms with E-state index in [0.717, 1.165) is 47.5 Å². The molecule has 0 atom stereocenters. The Labute approximate surface area is 168 Å². The maximum absolute atomic E-state index is 12.1. The zero-order chi connectivity index (χ0) is 18.8. The summed E-state index contributed by atoms with van der Waals surface area (Å²) in [5.41, 5.74) is 4.19. The van der Waals surface area contributed by atoms with Crippen molar-refractivity contribution in [2.45, 2.75) is 32.6 Å². The van der Waals surface area contributed by atoms with E-state index in [0.29, 0.717) is 5.11 Å². The normalized spacial score (nSPS) is 14.4. The molecule has 1 amide bonds. The molecule has 1 fully saturated rings. The minimum Gasteiger partial charge on any atom is -0.332 e. The van der Waals surface area contributed by atoms with Crippen LogP contribution in [0.3, 0.4) is 0 Å². The molecule has 4 nitrogen and oxygen atoms in total. The van der Waals surface area contributed by atoms with Gasteiger partial charge in [-0.2, -0.15) is 0 Å². The molecule has 0 aliphatic heterocycles. The number of rotatable bonds is 3. The minimum absolute atomic E-state index is 0.0337. The highest BCUT2D eigenvalue weighted by atomic mass is 32.1. The van der Waals surface area contributed by atoms with Crippen molar-refractivity contribution < 1.29 is 4.79 Å². The molecule has 0 spiro atoms. The van der Waals surface area contributed by atoms with Crippen molar-refractivity contribution in [2.75, 3.05) is 5.32 Å². The Morgan fingerprint density at radius 3 is 2.63 bits per heavy atom. The summed E-state index contributed by atoms with van der Waals surface area (Å²) in [5, 5.41) is 7.26. The summed E-state index contributed by atoms with van der Waals surface area (Å²) in [6, 6.07) is 14.3. The molecule has 2 N–H and O–H groups in total. The van der Waals surface area contributed by atoms with Crippen LogP contribution < -0.4 is 10.6 Å². The van der Waals surface area contributed by atoms with Crippen molar-refractivity contribution in [3.05, 3.63) is 48.0 Å². The van der Waals surface area contributed by atoms with Gasteiger partial charge in [-0.1, -0.05) is 18.9 Å². The van der Waals surface area contributed by atoms with Crippen LogP contribution in [0.2, 0.25) is 0 Å². The maximum atomic E-state index is 12.1. The van der Waals surface area contributed by atoms with Gasteiger partial charge in [-0.25, -0.2) is 4.98 Å². The van der Waals surface area contributed by atoms with Crippen LogP contribution in [-0.4, -0.2) is 16.0 Å². The molecule has 1 heterocycles. The van der Waals surface area contributed by atoms with Gasteiger partial charge in [-0.05, 0) is 73.9 Å². The van der Waals surface area contributed by atoms with Gasteiger partial charge >= 0.3 is 0 Å². The summed E-state index contributed by atoms with van der Waals surface area (Å²) in [5.74, 6) is 0.140. The van der Waals surface area contributed by atoms with Gasteiger partial charge in [0.25, 0.3) is 0 Å². The number of aryl methyl sites for hydroxylation is 1. The largest absolute Gasteiger partial charge is 0.332 e.